The lowest BCUT2D eigenvalue weighted by atomic mass is 9.91. The van der Waals surface area contributed by atoms with Crippen LogP contribution in [0, 0.1) is 11.3 Å². The molecule has 1 aliphatic heterocycles. The lowest BCUT2D eigenvalue weighted by Gasteiger charge is -2.24. The first-order valence-corrected chi connectivity index (χ1v) is 15.0. The summed E-state index contributed by atoms with van der Waals surface area (Å²) in [6.07, 6.45) is -1.15. The minimum absolute atomic E-state index is 0.142. The Morgan fingerprint density at radius 1 is 1.07 bits per heavy atom. The van der Waals surface area contributed by atoms with Crippen LogP contribution in [0.3, 0.4) is 0 Å². The van der Waals surface area contributed by atoms with Crippen molar-refractivity contribution in [2.75, 3.05) is 22.1 Å². The Bertz CT molecular complexity index is 1580. The van der Waals surface area contributed by atoms with Crippen LogP contribution in [0.2, 0.25) is 0 Å². The van der Waals surface area contributed by atoms with Gasteiger partial charge in [0, 0.05) is 51.7 Å². The number of pyridine rings is 1. The van der Waals surface area contributed by atoms with Crippen molar-refractivity contribution in [2.24, 2.45) is 0 Å². The van der Waals surface area contributed by atoms with Crippen molar-refractivity contribution >= 4 is 33.1 Å². The van der Waals surface area contributed by atoms with Crippen LogP contribution in [-0.4, -0.2) is 37.5 Å². The first-order valence-electron chi connectivity index (χ1n) is 13.5. The van der Waals surface area contributed by atoms with E-state index in [4.69, 9.17) is 0 Å². The van der Waals surface area contributed by atoms with E-state index in [1.165, 1.54) is 4.57 Å². The third-order valence-electron chi connectivity index (χ3n) is 7.46. The van der Waals surface area contributed by atoms with Gasteiger partial charge in [-0.05, 0) is 68.1 Å². The highest BCUT2D eigenvalue weighted by Gasteiger charge is 2.30. The third kappa shape index (κ3) is 6.73. The maximum atomic E-state index is 13.7. The normalized spacial score (nSPS) is 17.8. The molecule has 1 fully saturated rings. The SMILES string of the molecule is CC(C)(C#N)c1ccc(NCc2ccc(-c3cc4c(NC5CCS(=O)CC5)cccc4n3CC(F)(F)F)cc2)cn1. The highest BCUT2D eigenvalue weighted by molar-refractivity contribution is 7.85. The molecule has 0 saturated carbocycles. The van der Waals surface area contributed by atoms with E-state index in [9.17, 15) is 22.6 Å². The number of hydrogen-bond donors (Lipinski definition) is 2. The van der Waals surface area contributed by atoms with E-state index in [0.717, 1.165) is 35.2 Å². The highest BCUT2D eigenvalue weighted by Crippen LogP contribution is 2.36. The Hall–Kier alpha value is -3.84. The number of rotatable bonds is 8. The first kappa shape index (κ1) is 28.7. The Balaban J connectivity index is 1.38. The molecule has 2 N–H and O–H groups in total. The monoisotopic (exact) mass is 579 g/mol. The summed E-state index contributed by atoms with van der Waals surface area (Å²) in [5.41, 5.74) is 4.29. The third-order valence-corrected chi connectivity index (χ3v) is 8.84. The number of anilines is 2. The molecule has 5 rings (SSSR count). The van der Waals surface area contributed by atoms with Crippen LogP contribution in [0.15, 0.2) is 66.9 Å². The summed E-state index contributed by atoms with van der Waals surface area (Å²) in [6, 6.07) is 20.8. The number of nitrogens with one attached hydrogen (secondary N) is 2. The van der Waals surface area contributed by atoms with Gasteiger partial charge < -0.3 is 15.2 Å². The number of nitriles is 1. The van der Waals surface area contributed by atoms with Gasteiger partial charge in [-0.2, -0.15) is 18.4 Å². The average molecular weight is 580 g/mol. The van der Waals surface area contributed by atoms with E-state index in [-0.39, 0.29) is 6.04 Å². The number of fused-ring (bicyclic) bond motifs is 1. The number of alkyl halides is 3. The summed E-state index contributed by atoms with van der Waals surface area (Å²) in [6.45, 7) is 3.05. The van der Waals surface area contributed by atoms with Crippen LogP contribution in [0.4, 0.5) is 24.5 Å². The van der Waals surface area contributed by atoms with Gasteiger partial charge in [-0.15, -0.1) is 0 Å². The number of halogens is 3. The van der Waals surface area contributed by atoms with Crippen LogP contribution in [0.1, 0.15) is 37.9 Å². The van der Waals surface area contributed by atoms with Crippen LogP contribution in [0.25, 0.3) is 22.2 Å². The molecule has 0 unspecified atom stereocenters. The predicted molar refractivity (Wildman–Crippen MR) is 158 cm³/mol. The number of nitrogens with zero attached hydrogens (tertiary/aromatic N) is 3. The fourth-order valence-electron chi connectivity index (χ4n) is 5.08. The zero-order chi connectivity index (χ0) is 29.2. The van der Waals surface area contributed by atoms with Gasteiger partial charge in [0.2, 0.25) is 0 Å². The quantitative estimate of drug-likeness (QED) is 0.235. The molecule has 3 heterocycles. The van der Waals surface area contributed by atoms with Crippen molar-refractivity contribution in [3.63, 3.8) is 0 Å². The van der Waals surface area contributed by atoms with Crippen LogP contribution in [0.5, 0.6) is 0 Å². The molecule has 214 valence electrons. The molecule has 41 heavy (non-hydrogen) atoms. The van der Waals surface area contributed by atoms with Gasteiger partial charge in [0.15, 0.2) is 0 Å². The first-order chi connectivity index (χ1) is 19.5. The molecule has 6 nitrogen and oxygen atoms in total. The number of benzene rings is 2. The molecular weight excluding hydrogens is 547 g/mol. The summed E-state index contributed by atoms with van der Waals surface area (Å²) < 4.78 is 54.2. The van der Waals surface area contributed by atoms with Crippen molar-refractivity contribution in [3.05, 3.63) is 78.1 Å². The summed E-state index contributed by atoms with van der Waals surface area (Å²) in [5.74, 6) is 1.27. The fourth-order valence-corrected chi connectivity index (χ4v) is 6.38. The zero-order valence-corrected chi connectivity index (χ0v) is 23.8. The Labute approximate surface area is 240 Å². The lowest BCUT2D eigenvalue weighted by molar-refractivity contribution is -0.139. The van der Waals surface area contributed by atoms with Gasteiger partial charge in [-0.25, -0.2) is 0 Å². The maximum absolute atomic E-state index is 13.7. The average Bonchev–Trinajstić information content (AvgIpc) is 3.31. The van der Waals surface area contributed by atoms with Crippen molar-refractivity contribution in [2.45, 2.75) is 57.4 Å². The molecular formula is C31H32F3N5OS. The molecule has 0 bridgehead atoms. The minimum Gasteiger partial charge on any atom is -0.382 e. The molecule has 4 aromatic rings. The van der Waals surface area contributed by atoms with Crippen LogP contribution in [-0.2, 0) is 29.3 Å². The van der Waals surface area contributed by atoms with Crippen molar-refractivity contribution in [1.82, 2.24) is 9.55 Å². The molecule has 0 amide bonds. The topological polar surface area (TPSA) is 82.7 Å². The molecule has 1 aliphatic rings. The van der Waals surface area contributed by atoms with Gasteiger partial charge in [0.25, 0.3) is 0 Å². The van der Waals surface area contributed by atoms with Gasteiger partial charge in [-0.3, -0.25) is 9.19 Å². The standard InChI is InChI=1S/C31H32F3N5OS/c1-30(2,19-35)29-11-10-24(18-37-29)36-17-21-6-8-22(9-7-21)28-16-25-26(38-23-12-14-41(40)15-13-23)4-3-5-27(25)39(28)20-31(32,33)34/h3-11,16,18,23,36,38H,12-15,17,20H2,1-2H3. The van der Waals surface area contributed by atoms with Crippen molar-refractivity contribution < 1.29 is 17.4 Å². The maximum Gasteiger partial charge on any atom is 0.406 e. The summed E-state index contributed by atoms with van der Waals surface area (Å²) >= 11 is 0. The molecule has 2 aromatic carbocycles. The minimum atomic E-state index is -4.38. The Morgan fingerprint density at radius 3 is 2.44 bits per heavy atom. The molecule has 1 saturated heterocycles. The second-order valence-corrected chi connectivity index (χ2v) is 12.7. The zero-order valence-electron chi connectivity index (χ0n) is 23.0. The van der Waals surface area contributed by atoms with Crippen molar-refractivity contribution in [3.8, 4) is 17.3 Å². The molecule has 0 spiro atoms. The molecule has 10 heteroatoms. The van der Waals surface area contributed by atoms with E-state index >= 15 is 0 Å². The van der Waals surface area contributed by atoms with E-state index in [1.54, 1.807) is 18.3 Å². The van der Waals surface area contributed by atoms with E-state index < -0.39 is 28.9 Å². The Morgan fingerprint density at radius 2 is 1.80 bits per heavy atom. The summed E-state index contributed by atoms with van der Waals surface area (Å²) in [5, 5.41) is 16.8. The number of aromatic nitrogens is 2. The second kappa shape index (κ2) is 11.6. The van der Waals surface area contributed by atoms with Gasteiger partial charge in [0.05, 0.1) is 34.6 Å². The fraction of sp³-hybridized carbons (Fsp3) is 0.355. The molecule has 0 atom stereocenters. The molecule has 0 radical (unpaired) electrons. The molecule has 2 aromatic heterocycles. The van der Waals surface area contributed by atoms with E-state index in [2.05, 4.69) is 21.7 Å². The van der Waals surface area contributed by atoms with Gasteiger partial charge in [0.1, 0.15) is 6.54 Å². The van der Waals surface area contributed by atoms with Gasteiger partial charge >= 0.3 is 6.18 Å². The lowest BCUT2D eigenvalue weighted by Crippen LogP contribution is -2.29. The molecule has 0 aliphatic carbocycles. The predicted octanol–water partition coefficient (Wildman–Crippen LogP) is 7.00. The highest BCUT2D eigenvalue weighted by atomic mass is 32.2. The smallest absolute Gasteiger partial charge is 0.382 e. The largest absolute Gasteiger partial charge is 0.406 e. The second-order valence-electron chi connectivity index (χ2n) is 11.0. The van der Waals surface area contributed by atoms with Crippen LogP contribution >= 0.6 is 0 Å². The summed E-state index contributed by atoms with van der Waals surface area (Å²) in [4.78, 5) is 4.40. The van der Waals surface area contributed by atoms with Gasteiger partial charge in [-0.1, -0.05) is 30.3 Å². The number of hydrogen-bond acceptors (Lipinski definition) is 5. The van der Waals surface area contributed by atoms with E-state index in [1.807, 2.05) is 62.4 Å². The van der Waals surface area contributed by atoms with E-state index in [0.29, 0.717) is 40.5 Å². The Kier molecular flexibility index (Phi) is 8.09. The summed E-state index contributed by atoms with van der Waals surface area (Å²) in [7, 11) is -0.789. The van der Waals surface area contributed by atoms with Crippen LogP contribution < -0.4 is 10.6 Å². The van der Waals surface area contributed by atoms with Crippen molar-refractivity contribution in [1.29, 1.82) is 5.26 Å².